The molecule has 2 aliphatic heterocycles. The summed E-state index contributed by atoms with van der Waals surface area (Å²) in [4.78, 5) is 38.9. The minimum Gasteiger partial charge on any atom is -0.506 e. The van der Waals surface area contributed by atoms with E-state index in [1.165, 1.54) is 0 Å². The first-order valence-corrected chi connectivity index (χ1v) is 14.0. The lowest BCUT2D eigenvalue weighted by atomic mass is 9.49. The zero-order valence-electron chi connectivity index (χ0n) is 22.0. The van der Waals surface area contributed by atoms with Crippen molar-refractivity contribution < 1.29 is 34.4 Å². The lowest BCUT2D eigenvalue weighted by molar-refractivity contribution is -0.168. The number of aromatic carboxylic acids is 1. The van der Waals surface area contributed by atoms with E-state index in [-0.39, 0.29) is 47.4 Å². The van der Waals surface area contributed by atoms with E-state index in [4.69, 9.17) is 27.9 Å². The van der Waals surface area contributed by atoms with Crippen molar-refractivity contribution in [1.29, 1.82) is 0 Å². The van der Waals surface area contributed by atoms with Gasteiger partial charge in [0.1, 0.15) is 17.0 Å². The lowest BCUT2D eigenvalue weighted by Gasteiger charge is -2.56. The number of carboxylic acids is 1. The fourth-order valence-electron chi connectivity index (χ4n) is 8.19. The number of ketones is 1. The average Bonchev–Trinajstić information content (AvgIpc) is 3.23. The number of nitrogens with one attached hydrogen (secondary N) is 1. The van der Waals surface area contributed by atoms with Gasteiger partial charge < -0.3 is 25.4 Å². The Morgan fingerprint density at radius 3 is 2.48 bits per heavy atom. The number of phenolic OH excluding ortho intramolecular Hbond substituents is 1. The second-order valence-corrected chi connectivity index (χ2v) is 13.0. The van der Waals surface area contributed by atoms with E-state index < -0.39 is 34.4 Å². The molecule has 40 heavy (non-hydrogen) atoms. The van der Waals surface area contributed by atoms with E-state index in [1.54, 1.807) is 18.2 Å². The summed E-state index contributed by atoms with van der Waals surface area (Å²) in [5.74, 6) is -3.05. The number of carbonyl (C=O) groups excluding carboxylic acids is 2. The normalized spacial score (nSPS) is 33.5. The predicted molar refractivity (Wildman–Crippen MR) is 149 cm³/mol. The smallest absolute Gasteiger partial charge is 0.339 e. The Morgan fingerprint density at radius 1 is 1.12 bits per heavy atom. The van der Waals surface area contributed by atoms with Crippen molar-refractivity contribution in [2.45, 2.75) is 57.7 Å². The van der Waals surface area contributed by atoms with Crippen LogP contribution in [-0.4, -0.2) is 44.7 Å². The van der Waals surface area contributed by atoms with Gasteiger partial charge in [0.25, 0.3) is 0 Å². The molecule has 0 unspecified atom stereocenters. The van der Waals surface area contributed by atoms with Gasteiger partial charge in [-0.2, -0.15) is 0 Å². The Balaban J connectivity index is 1.34. The highest BCUT2D eigenvalue weighted by atomic mass is 35.5. The van der Waals surface area contributed by atoms with Gasteiger partial charge in [0.2, 0.25) is 5.91 Å². The van der Waals surface area contributed by atoms with Crippen LogP contribution in [0.25, 0.3) is 5.57 Å². The van der Waals surface area contributed by atoms with E-state index >= 15 is 0 Å². The lowest BCUT2D eigenvalue weighted by Crippen LogP contribution is -2.57. The van der Waals surface area contributed by atoms with Crippen LogP contribution in [0.2, 0.25) is 10.0 Å². The van der Waals surface area contributed by atoms with E-state index in [0.717, 1.165) is 31.4 Å². The standard InChI is InChI=1S/C30H29Cl2NO7/c1-28(6-5-22(35)33-23-20(34)4-3-18(24(23)36)27(38)39)25-21-9-15-11-30(25,13-29(15,2)40-21)12-19(26(28)37)14-7-16(31)10-17(32)8-14/h3-4,7-8,10,12,15,21,25,34,36H,5-6,9,11,13H2,1-2H3,(H,33,35)(H,38,39)/t15-,21-,25-,28-,29-,30+/m0/s1. The van der Waals surface area contributed by atoms with E-state index in [0.29, 0.717) is 27.1 Å². The molecule has 0 aromatic heterocycles. The number of amides is 1. The van der Waals surface area contributed by atoms with Crippen molar-refractivity contribution in [2.75, 3.05) is 5.32 Å². The highest BCUT2D eigenvalue weighted by Crippen LogP contribution is 2.72. The van der Waals surface area contributed by atoms with Crippen LogP contribution in [0.15, 0.2) is 36.4 Å². The molecule has 1 amide bonds. The summed E-state index contributed by atoms with van der Waals surface area (Å²) >= 11 is 12.6. The number of halogens is 2. The fourth-order valence-corrected chi connectivity index (χ4v) is 8.72. The second-order valence-electron chi connectivity index (χ2n) is 12.2. The number of carboxylic acid groups (broad SMARTS) is 1. The minimum atomic E-state index is -1.40. The minimum absolute atomic E-state index is 0.109. The van der Waals surface area contributed by atoms with Gasteiger partial charge in [-0.1, -0.05) is 36.2 Å². The van der Waals surface area contributed by atoms with Gasteiger partial charge >= 0.3 is 5.97 Å². The first kappa shape index (κ1) is 27.1. The van der Waals surface area contributed by atoms with Crippen LogP contribution in [0, 0.1) is 22.7 Å². The van der Waals surface area contributed by atoms with Crippen LogP contribution < -0.4 is 5.32 Å². The maximum absolute atomic E-state index is 14.4. The molecule has 2 saturated carbocycles. The molecular weight excluding hydrogens is 557 g/mol. The SMILES string of the molecule is C[C@]12C[C@@]34C=C(c5cc(Cl)cc(Cl)c5)C(=O)[C@@](C)(CCC(=O)Nc5c(O)ccc(C(=O)O)c5O)[C@@H]3[C@H](C[C@H]1C4)O2. The summed E-state index contributed by atoms with van der Waals surface area (Å²) in [6.07, 6.45) is 4.61. The Bertz CT molecular complexity index is 1500. The van der Waals surface area contributed by atoms with Crippen LogP contribution in [0.1, 0.15) is 61.9 Å². The van der Waals surface area contributed by atoms with Gasteiger partial charge in [0.05, 0.1) is 11.7 Å². The number of hydrogen-bond donors (Lipinski definition) is 4. The molecule has 4 bridgehead atoms. The van der Waals surface area contributed by atoms with Crippen LogP contribution in [0.4, 0.5) is 5.69 Å². The maximum atomic E-state index is 14.4. The molecule has 5 aliphatic rings. The Hall–Kier alpha value is -3.07. The number of benzene rings is 2. The van der Waals surface area contributed by atoms with E-state index in [2.05, 4.69) is 18.3 Å². The average molecular weight is 586 g/mol. The van der Waals surface area contributed by atoms with Crippen molar-refractivity contribution in [3.63, 3.8) is 0 Å². The molecule has 2 saturated heterocycles. The summed E-state index contributed by atoms with van der Waals surface area (Å²) < 4.78 is 6.55. The molecule has 1 spiro atoms. The molecule has 4 N–H and O–H groups in total. The van der Waals surface area contributed by atoms with Gasteiger partial charge in [-0.3, -0.25) is 9.59 Å². The summed E-state index contributed by atoms with van der Waals surface area (Å²) in [6.45, 7) is 4.05. The highest BCUT2D eigenvalue weighted by molar-refractivity contribution is 6.35. The van der Waals surface area contributed by atoms with Crippen molar-refractivity contribution in [3.05, 3.63) is 57.6 Å². The summed E-state index contributed by atoms with van der Waals surface area (Å²) in [5, 5.41) is 33.1. The largest absolute Gasteiger partial charge is 0.506 e. The summed E-state index contributed by atoms with van der Waals surface area (Å²) in [7, 11) is 0. The number of ether oxygens (including phenoxy) is 1. The molecule has 2 aromatic carbocycles. The molecule has 2 heterocycles. The number of hydrogen-bond acceptors (Lipinski definition) is 6. The van der Waals surface area contributed by atoms with Crippen LogP contribution in [0.5, 0.6) is 11.5 Å². The van der Waals surface area contributed by atoms with Gasteiger partial charge in [-0.05, 0) is 79.8 Å². The number of phenols is 2. The van der Waals surface area contributed by atoms with E-state index in [9.17, 15) is 29.7 Å². The number of anilines is 1. The molecule has 0 radical (unpaired) electrons. The van der Waals surface area contributed by atoms with Gasteiger partial charge in [-0.15, -0.1) is 0 Å². The summed E-state index contributed by atoms with van der Waals surface area (Å²) in [6, 6.07) is 7.22. The second kappa shape index (κ2) is 8.96. The number of rotatable bonds is 6. The Morgan fingerprint density at radius 2 is 1.82 bits per heavy atom. The number of aromatic hydroxyl groups is 2. The third-order valence-electron chi connectivity index (χ3n) is 9.68. The Labute approximate surface area is 240 Å². The molecule has 4 fully saturated rings. The quantitative estimate of drug-likeness (QED) is 0.302. The topological polar surface area (TPSA) is 133 Å². The van der Waals surface area contributed by atoms with Gasteiger partial charge in [0.15, 0.2) is 11.5 Å². The number of Topliss-reactive ketones (excluding diaryl/α,β-unsaturated/α-hetero) is 1. The van der Waals surface area contributed by atoms with Crippen molar-refractivity contribution in [2.24, 2.45) is 22.7 Å². The fraction of sp³-hybridized carbons (Fsp3) is 0.433. The highest BCUT2D eigenvalue weighted by Gasteiger charge is 2.72. The molecule has 6 atom stereocenters. The van der Waals surface area contributed by atoms with Gasteiger partial charge in [-0.25, -0.2) is 4.79 Å². The zero-order chi connectivity index (χ0) is 28.8. The first-order valence-electron chi connectivity index (χ1n) is 13.3. The van der Waals surface area contributed by atoms with Crippen molar-refractivity contribution in [1.82, 2.24) is 0 Å². The number of allylic oxidation sites excluding steroid dienone is 2. The molecule has 3 aliphatic carbocycles. The Kier molecular flexibility index (Phi) is 6.08. The molecule has 8 nitrogen and oxygen atoms in total. The van der Waals surface area contributed by atoms with Crippen molar-refractivity contribution >= 4 is 52.1 Å². The van der Waals surface area contributed by atoms with Crippen LogP contribution in [0.3, 0.4) is 0 Å². The molecular formula is C30H29Cl2NO7. The maximum Gasteiger partial charge on any atom is 0.339 e. The number of carbonyl (C=O) groups is 3. The van der Waals surface area contributed by atoms with Gasteiger partial charge in [0, 0.05) is 33.4 Å². The molecule has 10 heteroatoms. The van der Waals surface area contributed by atoms with Crippen LogP contribution in [-0.2, 0) is 14.3 Å². The zero-order valence-corrected chi connectivity index (χ0v) is 23.5. The third kappa shape index (κ3) is 3.95. The molecule has 210 valence electrons. The van der Waals surface area contributed by atoms with E-state index in [1.807, 2.05) is 6.92 Å². The summed E-state index contributed by atoms with van der Waals surface area (Å²) in [5.41, 5.74) is -1.16. The monoisotopic (exact) mass is 585 g/mol. The predicted octanol–water partition coefficient (Wildman–Crippen LogP) is 6.07. The van der Waals surface area contributed by atoms with Crippen molar-refractivity contribution in [3.8, 4) is 11.5 Å². The molecule has 7 rings (SSSR count). The third-order valence-corrected chi connectivity index (χ3v) is 10.1. The van der Waals surface area contributed by atoms with Crippen LogP contribution >= 0.6 is 23.2 Å². The molecule has 2 aromatic rings. The first-order chi connectivity index (χ1) is 18.8.